The Morgan fingerprint density at radius 1 is 1.13 bits per heavy atom. The molecular formula is C19H23N3O. The predicted molar refractivity (Wildman–Crippen MR) is 93.5 cm³/mol. The van der Waals surface area contributed by atoms with Gasteiger partial charge in [0.05, 0.1) is 11.9 Å². The zero-order chi connectivity index (χ0) is 16.2. The summed E-state index contributed by atoms with van der Waals surface area (Å²) in [5.41, 5.74) is 8.99. The maximum absolute atomic E-state index is 11.4. The number of anilines is 1. The van der Waals surface area contributed by atoms with Crippen LogP contribution in [0.15, 0.2) is 42.7 Å². The molecule has 4 heteroatoms. The minimum absolute atomic E-state index is 0.407. The Hall–Kier alpha value is -2.36. The maximum Gasteiger partial charge on any atom is 0.248 e. The topological polar surface area (TPSA) is 59.2 Å². The second-order valence-electron chi connectivity index (χ2n) is 6.28. The number of pyridine rings is 1. The van der Waals surface area contributed by atoms with E-state index in [-0.39, 0.29) is 0 Å². The average molecular weight is 309 g/mol. The number of nitrogens with zero attached hydrogens (tertiary/aromatic N) is 2. The molecule has 1 heterocycles. The third kappa shape index (κ3) is 3.52. The molecule has 0 saturated heterocycles. The molecule has 2 aromatic rings. The Balaban J connectivity index is 1.87. The quantitative estimate of drug-likeness (QED) is 0.938. The Morgan fingerprint density at radius 2 is 1.91 bits per heavy atom. The lowest BCUT2D eigenvalue weighted by Crippen LogP contribution is -2.33. The van der Waals surface area contributed by atoms with Gasteiger partial charge in [0.15, 0.2) is 0 Å². The van der Waals surface area contributed by atoms with E-state index in [9.17, 15) is 4.79 Å². The van der Waals surface area contributed by atoms with Gasteiger partial charge in [0.1, 0.15) is 0 Å². The Morgan fingerprint density at radius 3 is 2.65 bits per heavy atom. The molecular weight excluding hydrogens is 286 g/mol. The first kappa shape index (κ1) is 15.5. The van der Waals surface area contributed by atoms with Crippen molar-refractivity contribution in [3.63, 3.8) is 0 Å². The van der Waals surface area contributed by atoms with E-state index in [4.69, 9.17) is 5.73 Å². The number of nitrogens with two attached hydrogens (primary N) is 1. The molecule has 1 saturated carbocycles. The van der Waals surface area contributed by atoms with E-state index in [2.05, 4.69) is 23.0 Å². The Kier molecular flexibility index (Phi) is 4.60. The molecule has 1 aromatic carbocycles. The molecule has 0 spiro atoms. The summed E-state index contributed by atoms with van der Waals surface area (Å²) < 4.78 is 0. The summed E-state index contributed by atoms with van der Waals surface area (Å²) in [5.74, 6) is -0.407. The van der Waals surface area contributed by atoms with Gasteiger partial charge in [-0.25, -0.2) is 0 Å². The van der Waals surface area contributed by atoms with Crippen molar-refractivity contribution in [3.8, 4) is 11.1 Å². The fraction of sp³-hybridized carbons (Fsp3) is 0.368. The summed E-state index contributed by atoms with van der Waals surface area (Å²) in [7, 11) is 2.15. The first-order valence-electron chi connectivity index (χ1n) is 8.23. The van der Waals surface area contributed by atoms with Gasteiger partial charge in [-0.1, -0.05) is 31.4 Å². The van der Waals surface area contributed by atoms with E-state index in [0.717, 1.165) is 16.8 Å². The summed E-state index contributed by atoms with van der Waals surface area (Å²) in [4.78, 5) is 18.1. The van der Waals surface area contributed by atoms with E-state index in [1.54, 1.807) is 6.07 Å². The number of carbonyl (C=O) groups is 1. The highest BCUT2D eigenvalue weighted by Gasteiger charge is 2.18. The van der Waals surface area contributed by atoms with Gasteiger partial charge >= 0.3 is 0 Å². The number of amides is 1. The number of carbonyl (C=O) groups excluding carboxylic acids is 1. The van der Waals surface area contributed by atoms with Crippen LogP contribution in [0.2, 0.25) is 0 Å². The highest BCUT2D eigenvalue weighted by Crippen LogP contribution is 2.28. The number of hydrogen-bond acceptors (Lipinski definition) is 3. The monoisotopic (exact) mass is 309 g/mol. The van der Waals surface area contributed by atoms with Crippen LogP contribution in [0.5, 0.6) is 0 Å². The minimum Gasteiger partial charge on any atom is -0.370 e. The third-order valence-electron chi connectivity index (χ3n) is 4.73. The standard InChI is InChI=1S/C19H23N3O/c1-22(17-8-3-2-4-9-17)18-11-16(12-21-13-18)14-6-5-7-15(10-14)19(20)23/h5-7,10-13,17H,2-4,8-9H2,1H3,(H2,20,23). The van der Waals surface area contributed by atoms with Crippen LogP contribution in [0.3, 0.4) is 0 Å². The van der Waals surface area contributed by atoms with E-state index >= 15 is 0 Å². The normalized spacial score (nSPS) is 15.3. The fourth-order valence-corrected chi connectivity index (χ4v) is 3.31. The van der Waals surface area contributed by atoms with Crippen LogP contribution in [0.25, 0.3) is 11.1 Å². The molecule has 0 unspecified atom stereocenters. The second kappa shape index (κ2) is 6.82. The molecule has 4 nitrogen and oxygen atoms in total. The van der Waals surface area contributed by atoms with Crippen LogP contribution in [0.1, 0.15) is 42.5 Å². The zero-order valence-electron chi connectivity index (χ0n) is 13.5. The molecule has 1 aromatic heterocycles. The Bertz CT molecular complexity index is 693. The first-order valence-corrected chi connectivity index (χ1v) is 8.23. The summed E-state index contributed by atoms with van der Waals surface area (Å²) in [6.07, 6.45) is 10.2. The molecule has 1 aliphatic carbocycles. The zero-order valence-corrected chi connectivity index (χ0v) is 13.5. The molecule has 0 bridgehead atoms. The van der Waals surface area contributed by atoms with E-state index in [1.807, 2.05) is 30.6 Å². The van der Waals surface area contributed by atoms with Crippen molar-refractivity contribution in [2.45, 2.75) is 38.1 Å². The molecule has 0 aliphatic heterocycles. The van der Waals surface area contributed by atoms with E-state index < -0.39 is 5.91 Å². The third-order valence-corrected chi connectivity index (χ3v) is 4.73. The van der Waals surface area contributed by atoms with Gasteiger partial charge in [0, 0.05) is 30.4 Å². The summed E-state index contributed by atoms with van der Waals surface area (Å²) >= 11 is 0. The lowest BCUT2D eigenvalue weighted by Gasteiger charge is -2.32. The van der Waals surface area contributed by atoms with Crippen molar-refractivity contribution in [1.82, 2.24) is 4.98 Å². The summed E-state index contributed by atoms with van der Waals surface area (Å²) in [5, 5.41) is 0. The molecule has 3 rings (SSSR count). The minimum atomic E-state index is -0.407. The molecule has 0 radical (unpaired) electrons. The van der Waals surface area contributed by atoms with Gasteiger partial charge < -0.3 is 10.6 Å². The molecule has 2 N–H and O–H groups in total. The number of primary amides is 1. The SMILES string of the molecule is CN(c1cncc(-c2cccc(C(N)=O)c2)c1)C1CCCCC1. The van der Waals surface area contributed by atoms with Crippen molar-refractivity contribution in [2.75, 3.05) is 11.9 Å². The summed E-state index contributed by atoms with van der Waals surface area (Å²) in [6.45, 7) is 0. The molecule has 23 heavy (non-hydrogen) atoms. The smallest absolute Gasteiger partial charge is 0.248 e. The summed E-state index contributed by atoms with van der Waals surface area (Å²) in [6, 6.07) is 10.1. The number of rotatable bonds is 4. The predicted octanol–water partition coefficient (Wildman–Crippen LogP) is 3.62. The average Bonchev–Trinajstić information content (AvgIpc) is 2.62. The lowest BCUT2D eigenvalue weighted by molar-refractivity contribution is 0.100. The highest BCUT2D eigenvalue weighted by molar-refractivity contribution is 5.94. The number of aromatic nitrogens is 1. The fourth-order valence-electron chi connectivity index (χ4n) is 3.31. The van der Waals surface area contributed by atoms with Crippen molar-refractivity contribution in [2.24, 2.45) is 5.73 Å². The van der Waals surface area contributed by atoms with Gasteiger partial charge in [0.2, 0.25) is 5.91 Å². The molecule has 120 valence electrons. The maximum atomic E-state index is 11.4. The molecule has 1 amide bonds. The highest BCUT2D eigenvalue weighted by atomic mass is 16.1. The lowest BCUT2D eigenvalue weighted by atomic mass is 9.94. The van der Waals surface area contributed by atoms with Crippen LogP contribution in [0, 0.1) is 0 Å². The molecule has 1 aliphatic rings. The first-order chi connectivity index (χ1) is 11.1. The van der Waals surface area contributed by atoms with Crippen molar-refractivity contribution in [1.29, 1.82) is 0 Å². The number of benzene rings is 1. The second-order valence-corrected chi connectivity index (χ2v) is 6.28. The van der Waals surface area contributed by atoms with Gasteiger partial charge in [-0.2, -0.15) is 0 Å². The van der Waals surface area contributed by atoms with Crippen LogP contribution in [-0.2, 0) is 0 Å². The van der Waals surface area contributed by atoms with Crippen LogP contribution in [0.4, 0.5) is 5.69 Å². The van der Waals surface area contributed by atoms with Crippen molar-refractivity contribution >= 4 is 11.6 Å². The van der Waals surface area contributed by atoms with Crippen molar-refractivity contribution < 1.29 is 4.79 Å². The van der Waals surface area contributed by atoms with Gasteiger partial charge in [-0.15, -0.1) is 0 Å². The Labute approximate surface area is 137 Å². The largest absolute Gasteiger partial charge is 0.370 e. The van der Waals surface area contributed by atoms with Gasteiger partial charge in [0.25, 0.3) is 0 Å². The van der Waals surface area contributed by atoms with E-state index in [1.165, 1.54) is 32.1 Å². The van der Waals surface area contributed by atoms with E-state index in [0.29, 0.717) is 11.6 Å². The van der Waals surface area contributed by atoms with Crippen LogP contribution >= 0.6 is 0 Å². The van der Waals surface area contributed by atoms with Gasteiger partial charge in [-0.3, -0.25) is 9.78 Å². The van der Waals surface area contributed by atoms with Crippen molar-refractivity contribution in [3.05, 3.63) is 48.3 Å². The number of hydrogen-bond donors (Lipinski definition) is 1. The molecule has 0 atom stereocenters. The van der Waals surface area contributed by atoms with Crippen LogP contribution < -0.4 is 10.6 Å². The van der Waals surface area contributed by atoms with Crippen LogP contribution in [-0.4, -0.2) is 24.0 Å². The molecule has 1 fully saturated rings. The van der Waals surface area contributed by atoms with Gasteiger partial charge in [-0.05, 0) is 36.6 Å².